The minimum atomic E-state index is -1.27. The van der Waals surface area contributed by atoms with Crippen LogP contribution >= 0.6 is 0 Å². The van der Waals surface area contributed by atoms with Crippen molar-refractivity contribution in [1.82, 2.24) is 4.98 Å². The van der Waals surface area contributed by atoms with Crippen molar-refractivity contribution in [2.75, 3.05) is 0 Å². The van der Waals surface area contributed by atoms with E-state index in [4.69, 9.17) is 10.2 Å². The molecule has 2 aliphatic rings. The number of aromatic nitrogens is 1. The van der Waals surface area contributed by atoms with Gasteiger partial charge in [0.15, 0.2) is 0 Å². The summed E-state index contributed by atoms with van der Waals surface area (Å²) < 4.78 is 0. The lowest BCUT2D eigenvalue weighted by atomic mass is 10.0. The molecule has 3 N–H and O–H groups in total. The number of nitrogens with one attached hydrogen (secondary N) is 1. The molecule has 1 aliphatic carbocycles. The van der Waals surface area contributed by atoms with Gasteiger partial charge in [0.05, 0.1) is 5.56 Å². The molecule has 21 heavy (non-hydrogen) atoms. The highest BCUT2D eigenvalue weighted by molar-refractivity contribution is 5.95. The molecule has 0 fully saturated rings. The van der Waals surface area contributed by atoms with Crippen molar-refractivity contribution < 1.29 is 19.8 Å². The van der Waals surface area contributed by atoms with Crippen LogP contribution in [0.4, 0.5) is 0 Å². The molecule has 0 atom stereocenters. The van der Waals surface area contributed by atoms with Gasteiger partial charge in [0.1, 0.15) is 5.56 Å². The molecule has 3 rings (SSSR count). The Hall–Kier alpha value is -3.15. The second kappa shape index (κ2) is 4.45. The molecule has 0 radical (unpaired) electrons. The molecule has 104 valence electrons. The van der Waals surface area contributed by atoms with E-state index < -0.39 is 17.4 Å². The fourth-order valence-corrected chi connectivity index (χ4v) is 2.24. The van der Waals surface area contributed by atoms with Gasteiger partial charge in [-0.2, -0.15) is 0 Å². The van der Waals surface area contributed by atoms with E-state index in [0.29, 0.717) is 16.6 Å². The Morgan fingerprint density at radius 2 is 1.71 bits per heavy atom. The number of fused-ring (bicyclic) bond motifs is 2. The van der Waals surface area contributed by atoms with Gasteiger partial charge >= 0.3 is 11.9 Å². The monoisotopic (exact) mass is 283 g/mol. The Morgan fingerprint density at radius 3 is 2.38 bits per heavy atom. The van der Waals surface area contributed by atoms with Gasteiger partial charge in [0.25, 0.3) is 0 Å². The van der Waals surface area contributed by atoms with Gasteiger partial charge in [-0.3, -0.25) is 4.79 Å². The van der Waals surface area contributed by atoms with E-state index in [9.17, 15) is 14.4 Å². The second-order valence-electron chi connectivity index (χ2n) is 4.59. The number of carboxylic acid groups (broad SMARTS) is 2. The van der Waals surface area contributed by atoms with E-state index in [2.05, 4.69) is 4.98 Å². The maximum absolute atomic E-state index is 12.1. The van der Waals surface area contributed by atoms with Crippen molar-refractivity contribution in [1.29, 1.82) is 0 Å². The summed E-state index contributed by atoms with van der Waals surface area (Å²) >= 11 is 0. The fraction of sp³-hybridized carbons (Fsp3) is 0. The molecule has 1 heterocycles. The summed E-state index contributed by atoms with van der Waals surface area (Å²) in [5, 5.41) is 18.6. The first-order valence-corrected chi connectivity index (χ1v) is 6.04. The average molecular weight is 283 g/mol. The predicted octanol–water partition coefficient (Wildman–Crippen LogP) is 2.03. The second-order valence-corrected chi connectivity index (χ2v) is 4.59. The smallest absolute Gasteiger partial charge is 0.339 e. The van der Waals surface area contributed by atoms with E-state index in [1.807, 2.05) is 0 Å². The van der Waals surface area contributed by atoms with Crippen LogP contribution in [0.25, 0.3) is 22.2 Å². The van der Waals surface area contributed by atoms with Crippen LogP contribution in [-0.4, -0.2) is 27.1 Å². The van der Waals surface area contributed by atoms with Gasteiger partial charge in [-0.25, -0.2) is 9.59 Å². The van der Waals surface area contributed by atoms with Gasteiger partial charge in [0, 0.05) is 16.8 Å². The summed E-state index contributed by atoms with van der Waals surface area (Å²) in [6.07, 6.45) is 0. The van der Waals surface area contributed by atoms with Crippen molar-refractivity contribution in [2.45, 2.75) is 0 Å². The lowest BCUT2D eigenvalue weighted by Crippen LogP contribution is -2.17. The van der Waals surface area contributed by atoms with Crippen molar-refractivity contribution in [3.05, 3.63) is 57.7 Å². The minimum absolute atomic E-state index is 0.127. The van der Waals surface area contributed by atoms with Gasteiger partial charge in [-0.1, -0.05) is 6.07 Å². The lowest BCUT2D eigenvalue weighted by molar-refractivity contribution is 0.0685. The van der Waals surface area contributed by atoms with Crippen molar-refractivity contribution in [2.24, 2.45) is 0 Å². The van der Waals surface area contributed by atoms with Crippen molar-refractivity contribution in [3.8, 4) is 11.3 Å². The Bertz CT molecular complexity index is 925. The SMILES string of the molecule is O=C(O)c1ccc2cc3c(=O)c(C(=O)O)ccc-3[nH]c2c1. The molecule has 0 bridgehead atoms. The van der Waals surface area contributed by atoms with Crippen LogP contribution in [-0.2, 0) is 0 Å². The highest BCUT2D eigenvalue weighted by Gasteiger charge is 2.16. The molecule has 0 amide bonds. The van der Waals surface area contributed by atoms with Gasteiger partial charge in [0.2, 0.25) is 5.43 Å². The summed E-state index contributed by atoms with van der Waals surface area (Å²) in [5.74, 6) is -2.32. The van der Waals surface area contributed by atoms with Crippen molar-refractivity contribution >= 4 is 22.8 Å². The summed E-state index contributed by atoms with van der Waals surface area (Å²) in [7, 11) is 0. The number of benzene rings is 2. The summed E-state index contributed by atoms with van der Waals surface area (Å²) in [6.45, 7) is 0. The summed E-state index contributed by atoms with van der Waals surface area (Å²) in [6, 6.07) is 8.75. The van der Waals surface area contributed by atoms with Crippen LogP contribution in [0.15, 0.2) is 41.2 Å². The Balaban J connectivity index is 2.35. The van der Waals surface area contributed by atoms with E-state index in [1.165, 1.54) is 24.3 Å². The van der Waals surface area contributed by atoms with Crippen LogP contribution in [0, 0.1) is 0 Å². The van der Waals surface area contributed by atoms with Crippen LogP contribution in [0.5, 0.6) is 0 Å². The third kappa shape index (κ3) is 2.02. The molecule has 0 aromatic heterocycles. The lowest BCUT2D eigenvalue weighted by Gasteiger charge is -2.09. The van der Waals surface area contributed by atoms with E-state index in [0.717, 1.165) is 0 Å². The highest BCUT2D eigenvalue weighted by atomic mass is 16.4. The number of rotatable bonds is 2. The zero-order valence-corrected chi connectivity index (χ0v) is 10.6. The molecule has 0 saturated heterocycles. The number of carbonyl (C=O) groups is 2. The molecule has 6 heteroatoms. The number of carboxylic acids is 2. The Kier molecular flexibility index (Phi) is 2.72. The van der Waals surface area contributed by atoms with E-state index >= 15 is 0 Å². The molecule has 1 aliphatic heterocycles. The number of hydrogen-bond acceptors (Lipinski definition) is 3. The fourth-order valence-electron chi connectivity index (χ4n) is 2.24. The summed E-state index contributed by atoms with van der Waals surface area (Å²) in [4.78, 5) is 37.0. The van der Waals surface area contributed by atoms with Crippen LogP contribution in [0.2, 0.25) is 0 Å². The standard InChI is InChI=1S/C15H9NO5/c17-13-9(15(20)21)3-4-11-10(13)5-7-1-2-8(14(18)19)6-12(7)16-11/h1-6,16H,(H,18,19)(H,20,21). The Morgan fingerprint density at radius 1 is 0.952 bits per heavy atom. The normalized spacial score (nSPS) is 10.9. The molecular formula is C15H9NO5. The predicted molar refractivity (Wildman–Crippen MR) is 75.1 cm³/mol. The quantitative estimate of drug-likeness (QED) is 0.624. The topological polar surface area (TPSA) is 107 Å². The Labute approximate surface area is 117 Å². The number of hydrogen-bond donors (Lipinski definition) is 3. The molecule has 0 unspecified atom stereocenters. The zero-order chi connectivity index (χ0) is 15.1. The van der Waals surface area contributed by atoms with Gasteiger partial charge < -0.3 is 15.2 Å². The molecule has 1 aromatic rings. The molecule has 6 nitrogen and oxygen atoms in total. The minimum Gasteiger partial charge on any atom is -0.478 e. The third-order valence-electron chi connectivity index (χ3n) is 3.30. The number of H-pyrrole nitrogens is 1. The highest BCUT2D eigenvalue weighted by Crippen LogP contribution is 2.23. The van der Waals surface area contributed by atoms with E-state index in [-0.39, 0.29) is 16.7 Å². The largest absolute Gasteiger partial charge is 0.478 e. The first-order valence-electron chi connectivity index (χ1n) is 6.04. The third-order valence-corrected chi connectivity index (χ3v) is 3.30. The molecule has 1 aromatic carbocycles. The van der Waals surface area contributed by atoms with E-state index in [1.54, 1.807) is 12.1 Å². The maximum Gasteiger partial charge on any atom is 0.339 e. The van der Waals surface area contributed by atoms with Gasteiger partial charge in [-0.15, -0.1) is 0 Å². The zero-order valence-electron chi connectivity index (χ0n) is 10.6. The first-order chi connectivity index (χ1) is 9.97. The molecular weight excluding hydrogens is 274 g/mol. The number of pyridine rings is 1. The molecule has 0 spiro atoms. The van der Waals surface area contributed by atoms with Crippen LogP contribution < -0.4 is 5.43 Å². The average Bonchev–Trinajstić information content (AvgIpc) is 2.45. The van der Waals surface area contributed by atoms with Crippen molar-refractivity contribution in [3.63, 3.8) is 0 Å². The van der Waals surface area contributed by atoms with Gasteiger partial charge in [-0.05, 0) is 35.7 Å². The summed E-state index contributed by atoms with van der Waals surface area (Å²) in [5.41, 5.74) is 0.538. The first kappa shape index (κ1) is 12.9. The number of aromatic carboxylic acids is 2. The van der Waals surface area contributed by atoms with Crippen LogP contribution in [0.3, 0.4) is 0 Å². The molecule has 0 saturated carbocycles. The maximum atomic E-state index is 12.1. The number of aromatic amines is 1. The van der Waals surface area contributed by atoms with Crippen LogP contribution in [0.1, 0.15) is 20.7 Å².